The van der Waals surface area contributed by atoms with Crippen LogP contribution in [0.15, 0.2) is 34.2 Å². The quantitative estimate of drug-likeness (QED) is 0.509. The Morgan fingerprint density at radius 1 is 1.21 bits per heavy atom. The lowest BCUT2D eigenvalue weighted by Gasteiger charge is -2.32. The minimum Gasteiger partial charge on any atom is -0.475 e. The number of nitrogens with zero attached hydrogens (tertiary/aromatic N) is 6. The molecule has 3 aromatic heterocycles. The van der Waals surface area contributed by atoms with Gasteiger partial charge < -0.3 is 18.9 Å². The third-order valence-corrected chi connectivity index (χ3v) is 5.50. The Morgan fingerprint density at radius 3 is 2.65 bits per heavy atom. The Kier molecular flexibility index (Phi) is 6.17. The van der Waals surface area contributed by atoms with Gasteiger partial charge in [-0.3, -0.25) is 18.7 Å². The van der Waals surface area contributed by atoms with Crippen molar-refractivity contribution in [2.75, 3.05) is 26.3 Å². The predicted molar refractivity (Wildman–Crippen MR) is 111 cm³/mol. The van der Waals surface area contributed by atoms with Crippen LogP contribution in [-0.4, -0.2) is 66.9 Å². The van der Waals surface area contributed by atoms with Gasteiger partial charge in [0.1, 0.15) is 19.3 Å². The van der Waals surface area contributed by atoms with E-state index in [0.29, 0.717) is 12.7 Å². The molecular weight excluding hydrogens is 461 g/mol. The van der Waals surface area contributed by atoms with Gasteiger partial charge in [0.2, 0.25) is 11.8 Å². The van der Waals surface area contributed by atoms with Gasteiger partial charge in [0.05, 0.1) is 25.0 Å². The number of hydrogen-bond donors (Lipinski definition) is 0. The highest BCUT2D eigenvalue weighted by Crippen LogP contribution is 2.29. The van der Waals surface area contributed by atoms with E-state index in [1.807, 2.05) is 0 Å². The van der Waals surface area contributed by atoms with Crippen LogP contribution in [0.4, 0.5) is 13.2 Å². The number of aromatic nitrogens is 5. The van der Waals surface area contributed by atoms with Crippen molar-refractivity contribution in [3.8, 4) is 5.88 Å². The Bertz CT molecular complexity index is 1330. The fourth-order valence-electron chi connectivity index (χ4n) is 3.62. The van der Waals surface area contributed by atoms with Crippen LogP contribution in [0, 0.1) is 0 Å². The van der Waals surface area contributed by atoms with Gasteiger partial charge in [-0.2, -0.15) is 13.2 Å². The van der Waals surface area contributed by atoms with Gasteiger partial charge in [0, 0.05) is 32.9 Å². The van der Waals surface area contributed by atoms with E-state index in [4.69, 9.17) is 9.47 Å². The highest BCUT2D eigenvalue weighted by Gasteiger charge is 2.31. The number of ether oxygens (including phenoxy) is 2. The van der Waals surface area contributed by atoms with E-state index in [0.717, 1.165) is 16.7 Å². The topological polar surface area (TPSA) is 113 Å². The van der Waals surface area contributed by atoms with Crippen LogP contribution < -0.4 is 16.0 Å². The lowest BCUT2D eigenvalue weighted by molar-refractivity contribution is -0.140. The lowest BCUT2D eigenvalue weighted by atomic mass is 10.2. The number of fused-ring (bicyclic) bond motifs is 1. The molecule has 14 heteroatoms. The summed E-state index contributed by atoms with van der Waals surface area (Å²) in [4.78, 5) is 46.8. The average molecular weight is 482 g/mol. The minimum atomic E-state index is -4.49. The molecule has 0 spiro atoms. The van der Waals surface area contributed by atoms with Crippen molar-refractivity contribution < 1.29 is 27.4 Å². The van der Waals surface area contributed by atoms with Crippen LogP contribution in [0.5, 0.6) is 5.88 Å². The van der Waals surface area contributed by atoms with E-state index in [-0.39, 0.29) is 49.3 Å². The molecule has 1 unspecified atom stereocenters. The molecule has 1 aliphatic rings. The summed E-state index contributed by atoms with van der Waals surface area (Å²) in [5.41, 5.74) is -1.64. The summed E-state index contributed by atoms with van der Waals surface area (Å²) in [5, 5.41) is 0. The van der Waals surface area contributed by atoms with Gasteiger partial charge in [-0.05, 0) is 6.07 Å². The maximum Gasteiger partial charge on any atom is 0.417 e. The number of amides is 1. The van der Waals surface area contributed by atoms with Gasteiger partial charge in [0.25, 0.3) is 5.56 Å². The zero-order valence-electron chi connectivity index (χ0n) is 18.3. The SMILES string of the molecule is Cn1c(=O)c2c(ncn2CC(=O)N2CCOC(COc3ccc(C(F)(F)F)cn3)C2)n(C)c1=O. The second-order valence-corrected chi connectivity index (χ2v) is 7.78. The van der Waals surface area contributed by atoms with E-state index in [9.17, 15) is 27.6 Å². The predicted octanol–water partition coefficient (Wildman–Crippen LogP) is 0.154. The maximum atomic E-state index is 12.9. The van der Waals surface area contributed by atoms with E-state index in [2.05, 4.69) is 9.97 Å². The molecule has 1 saturated heterocycles. The summed E-state index contributed by atoms with van der Waals surface area (Å²) in [5.74, 6) is -0.289. The van der Waals surface area contributed by atoms with Crippen molar-refractivity contribution in [2.24, 2.45) is 14.1 Å². The number of rotatable bonds is 5. The van der Waals surface area contributed by atoms with Crippen molar-refractivity contribution in [1.82, 2.24) is 28.6 Å². The zero-order chi connectivity index (χ0) is 24.6. The summed E-state index contributed by atoms with van der Waals surface area (Å²) in [7, 11) is 2.84. The molecule has 0 N–H and O–H groups in total. The summed E-state index contributed by atoms with van der Waals surface area (Å²) >= 11 is 0. The molecule has 4 rings (SSSR count). The van der Waals surface area contributed by atoms with E-state index in [1.54, 1.807) is 0 Å². The smallest absolute Gasteiger partial charge is 0.417 e. The van der Waals surface area contributed by atoms with Crippen LogP contribution in [0.1, 0.15) is 5.56 Å². The highest BCUT2D eigenvalue weighted by atomic mass is 19.4. The second kappa shape index (κ2) is 8.93. The molecule has 0 saturated carbocycles. The number of alkyl halides is 3. The fraction of sp³-hybridized carbons (Fsp3) is 0.450. The molecule has 11 nitrogen and oxygen atoms in total. The first-order valence-electron chi connectivity index (χ1n) is 10.2. The first-order chi connectivity index (χ1) is 16.1. The van der Waals surface area contributed by atoms with Crippen LogP contribution in [0.3, 0.4) is 0 Å². The largest absolute Gasteiger partial charge is 0.475 e. The second-order valence-electron chi connectivity index (χ2n) is 7.78. The van der Waals surface area contributed by atoms with Gasteiger partial charge >= 0.3 is 11.9 Å². The highest BCUT2D eigenvalue weighted by molar-refractivity contribution is 5.79. The molecular formula is C20H21F3N6O5. The zero-order valence-corrected chi connectivity index (χ0v) is 18.3. The molecule has 1 amide bonds. The van der Waals surface area contributed by atoms with Crippen LogP contribution >= 0.6 is 0 Å². The van der Waals surface area contributed by atoms with Crippen LogP contribution in [0.2, 0.25) is 0 Å². The van der Waals surface area contributed by atoms with Crippen molar-refractivity contribution in [2.45, 2.75) is 18.8 Å². The summed E-state index contributed by atoms with van der Waals surface area (Å²) in [6.07, 6.45) is -2.99. The molecule has 0 bridgehead atoms. The molecule has 1 fully saturated rings. The Morgan fingerprint density at radius 2 is 1.97 bits per heavy atom. The molecule has 1 atom stereocenters. The first kappa shape index (κ1) is 23.5. The molecule has 182 valence electrons. The van der Waals surface area contributed by atoms with Gasteiger partial charge in [-0.15, -0.1) is 0 Å². The fourth-order valence-corrected chi connectivity index (χ4v) is 3.62. The maximum absolute atomic E-state index is 12.9. The van der Waals surface area contributed by atoms with E-state index in [1.165, 1.54) is 34.5 Å². The monoisotopic (exact) mass is 482 g/mol. The molecule has 0 aliphatic carbocycles. The van der Waals surface area contributed by atoms with Gasteiger partial charge in [-0.1, -0.05) is 0 Å². The Balaban J connectivity index is 1.40. The van der Waals surface area contributed by atoms with Gasteiger partial charge in [-0.25, -0.2) is 14.8 Å². The van der Waals surface area contributed by atoms with Crippen molar-refractivity contribution >= 4 is 17.1 Å². The third kappa shape index (κ3) is 4.53. The third-order valence-electron chi connectivity index (χ3n) is 5.50. The van der Waals surface area contributed by atoms with E-state index >= 15 is 0 Å². The van der Waals surface area contributed by atoms with Crippen molar-refractivity contribution in [1.29, 1.82) is 0 Å². The first-order valence-corrected chi connectivity index (χ1v) is 10.2. The standard InChI is InChI=1S/C20H21F3N6O5/c1-26-17-16(18(31)27(2)19(26)32)29(11-25-17)9-15(30)28-5-6-33-13(8-28)10-34-14-4-3-12(7-24-14)20(21,22)23/h3-4,7,11,13H,5-6,8-10H2,1-2H3. The number of hydrogen-bond acceptors (Lipinski definition) is 7. The molecule has 34 heavy (non-hydrogen) atoms. The summed E-state index contributed by atoms with van der Waals surface area (Å²) in [6, 6.07) is 1.99. The minimum absolute atomic E-state index is 0.00592. The Labute approximate surface area is 189 Å². The van der Waals surface area contributed by atoms with Crippen LogP contribution in [-0.2, 0) is 36.3 Å². The van der Waals surface area contributed by atoms with Crippen molar-refractivity contribution in [3.63, 3.8) is 0 Å². The summed E-state index contributed by atoms with van der Waals surface area (Å²) in [6.45, 7) is 0.553. The normalized spacial score (nSPS) is 16.7. The number of aryl methyl sites for hydroxylation is 1. The molecule has 3 aromatic rings. The molecule has 0 aromatic carbocycles. The average Bonchev–Trinajstić information content (AvgIpc) is 3.23. The lowest BCUT2D eigenvalue weighted by Crippen LogP contribution is -2.48. The molecule has 1 aliphatic heterocycles. The number of halogens is 3. The number of imidazole rings is 1. The van der Waals surface area contributed by atoms with Crippen LogP contribution in [0.25, 0.3) is 11.2 Å². The number of carbonyl (C=O) groups is 1. The number of morpholine rings is 1. The number of pyridine rings is 1. The van der Waals surface area contributed by atoms with Crippen molar-refractivity contribution in [3.05, 3.63) is 51.1 Å². The molecule has 4 heterocycles. The Hall–Kier alpha value is -3.68. The van der Waals surface area contributed by atoms with E-state index < -0.39 is 29.1 Å². The summed E-state index contributed by atoms with van der Waals surface area (Å²) < 4.78 is 52.5. The van der Waals surface area contributed by atoms with Gasteiger partial charge in [0.15, 0.2) is 11.2 Å². The molecule has 0 radical (unpaired) electrons. The number of carbonyl (C=O) groups excluding carboxylic acids is 1.